The summed E-state index contributed by atoms with van der Waals surface area (Å²) in [6.45, 7) is 2.25. The van der Waals surface area contributed by atoms with E-state index >= 15 is 0 Å². The van der Waals surface area contributed by atoms with E-state index in [1.54, 1.807) is 24.3 Å². The lowest BCUT2D eigenvalue weighted by molar-refractivity contribution is -0.137. The summed E-state index contributed by atoms with van der Waals surface area (Å²) in [4.78, 5) is 10.3. The van der Waals surface area contributed by atoms with Crippen LogP contribution in [0.15, 0.2) is 30.3 Å². The minimum Gasteiger partial charge on any atom is -0.508 e. The fraction of sp³-hybridized carbons (Fsp3) is 0.650. The Bertz CT molecular complexity index is 362. The standard InChI is InChI=1S/C14H28O2.C6H6O/c1-2-3-4-5-6-7-8-9-10-11-12-13-14(15)16;7-6-4-2-1-3-5-6/h2-13H2,1H3,(H,15,16);1-5,7H. The van der Waals surface area contributed by atoms with E-state index in [2.05, 4.69) is 6.92 Å². The van der Waals surface area contributed by atoms with E-state index in [1.165, 1.54) is 57.8 Å². The summed E-state index contributed by atoms with van der Waals surface area (Å²) >= 11 is 0. The van der Waals surface area contributed by atoms with Crippen LogP contribution >= 0.6 is 0 Å². The van der Waals surface area contributed by atoms with Crippen LogP contribution in [0.3, 0.4) is 0 Å². The Morgan fingerprint density at radius 3 is 1.57 bits per heavy atom. The molecule has 0 aliphatic heterocycles. The molecule has 0 aliphatic carbocycles. The third-order valence-corrected chi connectivity index (χ3v) is 3.75. The van der Waals surface area contributed by atoms with E-state index < -0.39 is 5.97 Å². The van der Waals surface area contributed by atoms with Crippen molar-refractivity contribution >= 4 is 5.97 Å². The van der Waals surface area contributed by atoms with Crippen molar-refractivity contribution in [3.05, 3.63) is 30.3 Å². The molecule has 0 radical (unpaired) electrons. The molecule has 1 aromatic carbocycles. The van der Waals surface area contributed by atoms with Crippen molar-refractivity contribution in [1.82, 2.24) is 0 Å². The topological polar surface area (TPSA) is 57.5 Å². The minimum atomic E-state index is -0.657. The Hall–Kier alpha value is -1.51. The normalized spacial score (nSPS) is 9.96. The third-order valence-electron chi connectivity index (χ3n) is 3.75. The number of hydrogen-bond acceptors (Lipinski definition) is 2. The Kier molecular flexibility index (Phi) is 15.7. The monoisotopic (exact) mass is 322 g/mol. The molecule has 0 spiro atoms. The van der Waals surface area contributed by atoms with E-state index in [0.29, 0.717) is 12.2 Å². The predicted molar refractivity (Wildman–Crippen MR) is 96.8 cm³/mol. The summed E-state index contributed by atoms with van der Waals surface area (Å²) in [5.41, 5.74) is 0. The molecule has 3 heteroatoms. The first-order valence-corrected chi connectivity index (χ1v) is 9.12. The number of carbonyl (C=O) groups is 1. The van der Waals surface area contributed by atoms with Gasteiger partial charge in [-0.15, -0.1) is 0 Å². The molecule has 0 unspecified atom stereocenters. The number of unbranched alkanes of at least 4 members (excludes halogenated alkanes) is 10. The molecule has 0 saturated heterocycles. The Morgan fingerprint density at radius 2 is 1.22 bits per heavy atom. The SMILES string of the molecule is CCCCCCCCCCCCCC(=O)O.Oc1ccccc1. The van der Waals surface area contributed by atoms with Crippen LogP contribution in [0, 0.1) is 0 Å². The van der Waals surface area contributed by atoms with Gasteiger partial charge in [-0.25, -0.2) is 0 Å². The van der Waals surface area contributed by atoms with E-state index in [0.717, 1.165) is 12.8 Å². The molecule has 1 aromatic rings. The molecular weight excluding hydrogens is 288 g/mol. The maximum Gasteiger partial charge on any atom is 0.303 e. The van der Waals surface area contributed by atoms with Crippen molar-refractivity contribution in [3.8, 4) is 5.75 Å². The zero-order valence-corrected chi connectivity index (χ0v) is 14.7. The number of hydrogen-bond donors (Lipinski definition) is 2. The number of aromatic hydroxyl groups is 1. The Morgan fingerprint density at radius 1 is 0.783 bits per heavy atom. The van der Waals surface area contributed by atoms with Gasteiger partial charge in [0.1, 0.15) is 5.75 Å². The van der Waals surface area contributed by atoms with Crippen LogP contribution in [0.5, 0.6) is 5.75 Å². The number of para-hydroxylation sites is 1. The number of carboxylic acid groups (broad SMARTS) is 1. The molecule has 0 aromatic heterocycles. The second-order valence-corrected chi connectivity index (χ2v) is 6.01. The van der Waals surface area contributed by atoms with Gasteiger partial charge in [-0.05, 0) is 18.6 Å². The summed E-state index contributed by atoms with van der Waals surface area (Å²) < 4.78 is 0. The molecule has 0 amide bonds. The molecule has 1 rings (SSSR count). The van der Waals surface area contributed by atoms with Gasteiger partial charge in [0.15, 0.2) is 0 Å². The van der Waals surface area contributed by atoms with Gasteiger partial charge in [0.05, 0.1) is 0 Å². The van der Waals surface area contributed by atoms with Gasteiger partial charge in [-0.3, -0.25) is 4.79 Å². The summed E-state index contributed by atoms with van der Waals surface area (Å²) in [5.74, 6) is -0.335. The van der Waals surface area contributed by atoms with Crippen molar-refractivity contribution in [2.45, 2.75) is 84.0 Å². The summed E-state index contributed by atoms with van der Waals surface area (Å²) in [6.07, 6.45) is 14.4. The van der Waals surface area contributed by atoms with Crippen LogP contribution in [0.1, 0.15) is 84.0 Å². The van der Waals surface area contributed by atoms with Crippen LogP contribution in [0.25, 0.3) is 0 Å². The van der Waals surface area contributed by atoms with Gasteiger partial charge in [-0.1, -0.05) is 89.3 Å². The maximum atomic E-state index is 10.3. The number of rotatable bonds is 12. The molecule has 0 heterocycles. The second-order valence-electron chi connectivity index (χ2n) is 6.01. The number of phenolic OH excluding ortho intramolecular Hbond substituents is 1. The Balaban J connectivity index is 0.000000568. The lowest BCUT2D eigenvalue weighted by Crippen LogP contribution is -1.93. The van der Waals surface area contributed by atoms with Crippen molar-refractivity contribution in [3.63, 3.8) is 0 Å². The van der Waals surface area contributed by atoms with Crippen LogP contribution in [-0.4, -0.2) is 16.2 Å². The molecule has 0 bridgehead atoms. The number of benzene rings is 1. The molecule has 0 saturated carbocycles. The van der Waals surface area contributed by atoms with E-state index in [-0.39, 0.29) is 0 Å². The summed E-state index contributed by atoms with van der Waals surface area (Å²) in [7, 11) is 0. The van der Waals surface area contributed by atoms with E-state index in [9.17, 15) is 4.79 Å². The zero-order valence-electron chi connectivity index (χ0n) is 14.7. The largest absolute Gasteiger partial charge is 0.508 e. The summed E-state index contributed by atoms with van der Waals surface area (Å²) in [6, 6.07) is 8.71. The van der Waals surface area contributed by atoms with Crippen molar-refractivity contribution in [2.75, 3.05) is 0 Å². The number of phenols is 1. The number of carboxylic acids is 1. The molecule has 2 N–H and O–H groups in total. The number of aliphatic carboxylic acids is 1. The van der Waals surface area contributed by atoms with Gasteiger partial charge in [-0.2, -0.15) is 0 Å². The van der Waals surface area contributed by atoms with Crippen LogP contribution < -0.4 is 0 Å². The molecule has 23 heavy (non-hydrogen) atoms. The van der Waals surface area contributed by atoms with Gasteiger partial charge < -0.3 is 10.2 Å². The summed E-state index contributed by atoms with van der Waals surface area (Å²) in [5, 5.41) is 17.1. The molecule has 132 valence electrons. The third kappa shape index (κ3) is 18.4. The van der Waals surface area contributed by atoms with Gasteiger partial charge in [0.25, 0.3) is 0 Å². The molecule has 3 nitrogen and oxygen atoms in total. The van der Waals surface area contributed by atoms with Crippen molar-refractivity contribution < 1.29 is 15.0 Å². The smallest absolute Gasteiger partial charge is 0.303 e. The highest BCUT2D eigenvalue weighted by Crippen LogP contribution is 2.11. The first-order valence-electron chi connectivity index (χ1n) is 9.12. The van der Waals surface area contributed by atoms with Crippen LogP contribution in [0.4, 0.5) is 0 Å². The van der Waals surface area contributed by atoms with Crippen molar-refractivity contribution in [2.24, 2.45) is 0 Å². The fourth-order valence-corrected chi connectivity index (χ4v) is 2.37. The molecule has 0 atom stereocenters. The van der Waals surface area contributed by atoms with E-state index in [4.69, 9.17) is 10.2 Å². The lowest BCUT2D eigenvalue weighted by Gasteiger charge is -2.01. The lowest BCUT2D eigenvalue weighted by atomic mass is 10.1. The minimum absolute atomic E-state index is 0.322. The molecule has 0 aliphatic rings. The van der Waals surface area contributed by atoms with Gasteiger partial charge in [0.2, 0.25) is 0 Å². The van der Waals surface area contributed by atoms with Crippen molar-refractivity contribution in [1.29, 1.82) is 0 Å². The van der Waals surface area contributed by atoms with Crippen LogP contribution in [-0.2, 0) is 4.79 Å². The van der Waals surface area contributed by atoms with E-state index in [1.807, 2.05) is 6.07 Å². The Labute approximate surface area is 141 Å². The quantitative estimate of drug-likeness (QED) is 0.453. The van der Waals surface area contributed by atoms with Crippen LogP contribution in [0.2, 0.25) is 0 Å². The van der Waals surface area contributed by atoms with Gasteiger partial charge in [0, 0.05) is 6.42 Å². The van der Waals surface area contributed by atoms with Gasteiger partial charge >= 0.3 is 5.97 Å². The maximum absolute atomic E-state index is 10.3. The highest BCUT2D eigenvalue weighted by atomic mass is 16.4. The fourth-order valence-electron chi connectivity index (χ4n) is 2.37. The molecule has 0 fully saturated rings. The average Bonchev–Trinajstić information content (AvgIpc) is 2.54. The highest BCUT2D eigenvalue weighted by molar-refractivity contribution is 5.66. The average molecular weight is 322 g/mol. The molecular formula is C20H34O3. The highest BCUT2D eigenvalue weighted by Gasteiger charge is 1.96. The first kappa shape index (κ1) is 21.5. The predicted octanol–water partition coefficient (Wildman–Crippen LogP) is 6.16. The second kappa shape index (κ2) is 16.9. The first-order chi connectivity index (χ1) is 11.2. The zero-order chi connectivity index (χ0) is 17.2.